The highest BCUT2D eigenvalue weighted by Gasteiger charge is 2.14. The second-order valence-corrected chi connectivity index (χ2v) is 4.81. The Bertz CT molecular complexity index is 673. The molecule has 0 bridgehead atoms. The Balaban J connectivity index is 1.80. The molecule has 0 radical (unpaired) electrons. The van der Waals surface area contributed by atoms with Gasteiger partial charge < -0.3 is 14.2 Å². The second-order valence-electron chi connectivity index (χ2n) is 4.47. The van der Waals surface area contributed by atoms with Crippen LogP contribution in [0.3, 0.4) is 0 Å². The molecule has 98 valence electrons. The Hall–Kier alpha value is -1.71. The molecule has 19 heavy (non-hydrogen) atoms. The van der Waals surface area contributed by atoms with Crippen molar-refractivity contribution < 1.29 is 8.83 Å². The van der Waals surface area contributed by atoms with E-state index < -0.39 is 0 Å². The van der Waals surface area contributed by atoms with Crippen molar-refractivity contribution in [3.8, 4) is 0 Å². The van der Waals surface area contributed by atoms with Crippen LogP contribution < -0.4 is 5.32 Å². The van der Waals surface area contributed by atoms with Gasteiger partial charge in [0.2, 0.25) is 0 Å². The molecule has 3 aromatic rings. The van der Waals surface area contributed by atoms with E-state index in [0.717, 1.165) is 22.3 Å². The lowest BCUT2D eigenvalue weighted by atomic mass is 10.1. The fourth-order valence-corrected chi connectivity index (χ4v) is 2.38. The van der Waals surface area contributed by atoms with E-state index in [2.05, 4.69) is 12.2 Å². The van der Waals surface area contributed by atoms with E-state index in [0.29, 0.717) is 11.8 Å². The van der Waals surface area contributed by atoms with Crippen LogP contribution in [0, 0.1) is 0 Å². The third-order valence-electron chi connectivity index (χ3n) is 3.20. The molecule has 3 rings (SSSR count). The molecular formula is C15H14ClNO2. The molecule has 0 unspecified atom stereocenters. The van der Waals surface area contributed by atoms with Gasteiger partial charge >= 0.3 is 0 Å². The number of fused-ring (bicyclic) bond motifs is 1. The summed E-state index contributed by atoms with van der Waals surface area (Å²) in [4.78, 5) is 0. The minimum atomic E-state index is 0.125. The molecular weight excluding hydrogens is 262 g/mol. The monoisotopic (exact) mass is 275 g/mol. The first-order valence-electron chi connectivity index (χ1n) is 6.18. The lowest BCUT2D eigenvalue weighted by Crippen LogP contribution is -2.17. The summed E-state index contributed by atoms with van der Waals surface area (Å²) in [5.41, 5.74) is 1.80. The van der Waals surface area contributed by atoms with Gasteiger partial charge in [0, 0.05) is 17.5 Å². The normalized spacial score (nSPS) is 12.9. The average molecular weight is 276 g/mol. The molecule has 2 aromatic heterocycles. The third kappa shape index (κ3) is 2.39. The van der Waals surface area contributed by atoms with E-state index in [4.69, 9.17) is 20.4 Å². The maximum absolute atomic E-state index is 6.15. The van der Waals surface area contributed by atoms with E-state index in [9.17, 15) is 0 Å². The van der Waals surface area contributed by atoms with Crippen molar-refractivity contribution in [2.45, 2.75) is 19.5 Å². The van der Waals surface area contributed by atoms with E-state index in [1.54, 1.807) is 6.26 Å². The minimum Gasteiger partial charge on any atom is -0.468 e. The molecule has 0 aliphatic rings. The van der Waals surface area contributed by atoms with Crippen LogP contribution in [0.2, 0.25) is 5.22 Å². The summed E-state index contributed by atoms with van der Waals surface area (Å²) in [5.74, 6) is 0.906. The average Bonchev–Trinajstić information content (AvgIpc) is 3.03. The van der Waals surface area contributed by atoms with Crippen molar-refractivity contribution in [1.29, 1.82) is 0 Å². The maximum Gasteiger partial charge on any atom is 0.199 e. The molecule has 0 aliphatic carbocycles. The fraction of sp³-hybridized carbons (Fsp3) is 0.200. The highest BCUT2D eigenvalue weighted by Crippen LogP contribution is 2.29. The fourth-order valence-electron chi connectivity index (χ4n) is 2.13. The molecule has 4 heteroatoms. The van der Waals surface area contributed by atoms with Gasteiger partial charge in [-0.2, -0.15) is 0 Å². The SMILES string of the molecule is C[C@@H](NCc1c(Cl)oc2ccccc12)c1ccco1. The molecule has 1 N–H and O–H groups in total. The van der Waals surface area contributed by atoms with Gasteiger partial charge in [-0.15, -0.1) is 0 Å². The van der Waals surface area contributed by atoms with Gasteiger partial charge in [-0.25, -0.2) is 0 Å². The number of hydrogen-bond acceptors (Lipinski definition) is 3. The van der Waals surface area contributed by atoms with E-state index in [1.165, 1.54) is 0 Å². The van der Waals surface area contributed by atoms with Crippen molar-refractivity contribution in [2.75, 3.05) is 0 Å². The van der Waals surface area contributed by atoms with Crippen LogP contribution in [0.25, 0.3) is 11.0 Å². The Morgan fingerprint density at radius 1 is 1.21 bits per heavy atom. The molecule has 0 aliphatic heterocycles. The predicted molar refractivity (Wildman–Crippen MR) is 75.2 cm³/mol. The Kier molecular flexibility index (Phi) is 3.32. The number of nitrogens with one attached hydrogen (secondary N) is 1. The maximum atomic E-state index is 6.15. The number of halogens is 1. The number of rotatable bonds is 4. The van der Waals surface area contributed by atoms with Crippen LogP contribution in [0.4, 0.5) is 0 Å². The second kappa shape index (κ2) is 5.11. The number of benzene rings is 1. The first-order valence-corrected chi connectivity index (χ1v) is 6.56. The van der Waals surface area contributed by atoms with Gasteiger partial charge in [-0.3, -0.25) is 0 Å². The van der Waals surface area contributed by atoms with Crippen LogP contribution in [0.5, 0.6) is 0 Å². The van der Waals surface area contributed by atoms with Gasteiger partial charge in [-0.1, -0.05) is 18.2 Å². The van der Waals surface area contributed by atoms with Crippen molar-refractivity contribution in [2.24, 2.45) is 0 Å². The van der Waals surface area contributed by atoms with Gasteiger partial charge in [0.15, 0.2) is 5.22 Å². The van der Waals surface area contributed by atoms with Crippen LogP contribution in [-0.4, -0.2) is 0 Å². The third-order valence-corrected chi connectivity index (χ3v) is 3.51. The number of furan rings is 2. The summed E-state index contributed by atoms with van der Waals surface area (Å²) < 4.78 is 10.9. The molecule has 1 aromatic carbocycles. The lowest BCUT2D eigenvalue weighted by Gasteiger charge is -2.10. The van der Waals surface area contributed by atoms with Crippen molar-refractivity contribution in [3.63, 3.8) is 0 Å². The van der Waals surface area contributed by atoms with Gasteiger partial charge in [0.1, 0.15) is 11.3 Å². The Morgan fingerprint density at radius 3 is 2.84 bits per heavy atom. The number of para-hydroxylation sites is 1. The van der Waals surface area contributed by atoms with Crippen molar-refractivity contribution >= 4 is 22.6 Å². The summed E-state index contributed by atoms with van der Waals surface area (Å²) in [6.45, 7) is 2.69. The van der Waals surface area contributed by atoms with Gasteiger partial charge in [0.25, 0.3) is 0 Å². The van der Waals surface area contributed by atoms with Gasteiger partial charge in [-0.05, 0) is 36.7 Å². The molecule has 0 spiro atoms. The highest BCUT2D eigenvalue weighted by atomic mass is 35.5. The van der Waals surface area contributed by atoms with Crippen molar-refractivity contribution in [3.05, 3.63) is 59.2 Å². The quantitative estimate of drug-likeness (QED) is 0.760. The Morgan fingerprint density at radius 2 is 2.05 bits per heavy atom. The summed E-state index contributed by atoms with van der Waals surface area (Å²) in [6, 6.07) is 11.8. The molecule has 2 heterocycles. The zero-order valence-corrected chi connectivity index (χ0v) is 11.3. The van der Waals surface area contributed by atoms with E-state index >= 15 is 0 Å². The first-order chi connectivity index (χ1) is 9.25. The van der Waals surface area contributed by atoms with E-state index in [1.807, 2.05) is 36.4 Å². The zero-order valence-electron chi connectivity index (χ0n) is 10.5. The minimum absolute atomic E-state index is 0.125. The summed E-state index contributed by atoms with van der Waals surface area (Å²) in [7, 11) is 0. The molecule has 0 amide bonds. The molecule has 1 atom stereocenters. The lowest BCUT2D eigenvalue weighted by molar-refractivity contribution is 0.430. The predicted octanol–water partition coefficient (Wildman–Crippen LogP) is 4.53. The van der Waals surface area contributed by atoms with E-state index in [-0.39, 0.29) is 6.04 Å². The van der Waals surface area contributed by atoms with Crippen LogP contribution in [0.1, 0.15) is 24.3 Å². The molecule has 0 saturated carbocycles. The van der Waals surface area contributed by atoms with Crippen LogP contribution in [0.15, 0.2) is 51.5 Å². The topological polar surface area (TPSA) is 38.3 Å². The smallest absolute Gasteiger partial charge is 0.199 e. The standard InChI is InChI=1S/C15H14ClNO2/c1-10(13-7-4-8-18-13)17-9-12-11-5-2-3-6-14(11)19-15(12)16/h2-8,10,17H,9H2,1H3/t10-/m1/s1. The van der Waals surface area contributed by atoms with Crippen molar-refractivity contribution in [1.82, 2.24) is 5.32 Å². The highest BCUT2D eigenvalue weighted by molar-refractivity contribution is 6.30. The number of hydrogen-bond donors (Lipinski definition) is 1. The Labute approximate surface area is 116 Å². The zero-order chi connectivity index (χ0) is 13.2. The van der Waals surface area contributed by atoms with Crippen LogP contribution >= 0.6 is 11.6 Å². The molecule has 0 fully saturated rings. The molecule has 0 saturated heterocycles. The summed E-state index contributed by atoms with van der Waals surface area (Å²) in [6.07, 6.45) is 1.67. The van der Waals surface area contributed by atoms with Crippen LogP contribution in [-0.2, 0) is 6.54 Å². The summed E-state index contributed by atoms with van der Waals surface area (Å²) in [5, 5.41) is 4.87. The van der Waals surface area contributed by atoms with Gasteiger partial charge in [0.05, 0.1) is 12.3 Å². The molecule has 3 nitrogen and oxygen atoms in total. The first kappa shape index (κ1) is 12.3. The summed E-state index contributed by atoms with van der Waals surface area (Å²) >= 11 is 6.15. The largest absolute Gasteiger partial charge is 0.468 e.